The highest BCUT2D eigenvalue weighted by atomic mass is 19.1. The highest BCUT2D eigenvalue weighted by Crippen LogP contribution is 2.40. The summed E-state index contributed by atoms with van der Waals surface area (Å²) in [7, 11) is 0. The van der Waals surface area contributed by atoms with Gasteiger partial charge in [-0.15, -0.1) is 0 Å². The lowest BCUT2D eigenvalue weighted by Gasteiger charge is -2.48. The van der Waals surface area contributed by atoms with Crippen LogP contribution in [-0.2, 0) is 0 Å². The zero-order valence-electron chi connectivity index (χ0n) is 13.0. The van der Waals surface area contributed by atoms with Crippen LogP contribution in [0.3, 0.4) is 0 Å². The minimum Gasteiger partial charge on any atom is -0.395 e. The molecule has 4 heteroatoms. The van der Waals surface area contributed by atoms with Crippen LogP contribution in [0.4, 0.5) is 4.39 Å². The van der Waals surface area contributed by atoms with Crippen molar-refractivity contribution < 1.29 is 9.50 Å². The van der Waals surface area contributed by atoms with Crippen molar-refractivity contribution in [3.8, 4) is 0 Å². The molecule has 0 spiro atoms. The average Bonchev–Trinajstić information content (AvgIpc) is 2.42. The Labute approximate surface area is 122 Å². The van der Waals surface area contributed by atoms with Gasteiger partial charge in [-0.05, 0) is 44.1 Å². The van der Waals surface area contributed by atoms with E-state index in [0.717, 1.165) is 25.8 Å². The van der Waals surface area contributed by atoms with E-state index in [1.165, 1.54) is 6.42 Å². The fourth-order valence-corrected chi connectivity index (χ4v) is 4.57. The first kappa shape index (κ1) is 16.2. The number of alkyl halides is 1. The van der Waals surface area contributed by atoms with Crippen LogP contribution in [0.15, 0.2) is 0 Å². The minimum atomic E-state index is -0.786. The average molecular weight is 286 g/mol. The lowest BCUT2D eigenvalue weighted by Crippen LogP contribution is -2.57. The molecular formula is C16H31FN2O. The van der Waals surface area contributed by atoms with Crippen molar-refractivity contribution in [3.05, 3.63) is 0 Å². The van der Waals surface area contributed by atoms with E-state index in [4.69, 9.17) is 5.73 Å². The summed E-state index contributed by atoms with van der Waals surface area (Å²) < 4.78 is 14.6. The van der Waals surface area contributed by atoms with E-state index in [0.29, 0.717) is 30.8 Å². The van der Waals surface area contributed by atoms with Gasteiger partial charge in [0.2, 0.25) is 0 Å². The zero-order chi connectivity index (χ0) is 14.7. The Hall–Kier alpha value is -0.190. The maximum atomic E-state index is 14.6. The van der Waals surface area contributed by atoms with Gasteiger partial charge >= 0.3 is 0 Å². The molecule has 20 heavy (non-hydrogen) atoms. The predicted molar refractivity (Wildman–Crippen MR) is 80.2 cm³/mol. The maximum Gasteiger partial charge on any atom is 0.105 e. The van der Waals surface area contributed by atoms with Gasteiger partial charge in [-0.3, -0.25) is 4.90 Å². The number of rotatable bonds is 4. The molecule has 0 aromatic heterocycles. The van der Waals surface area contributed by atoms with Crippen LogP contribution in [-0.4, -0.2) is 48.0 Å². The first-order valence-corrected chi connectivity index (χ1v) is 8.29. The third kappa shape index (κ3) is 3.34. The fourth-order valence-electron chi connectivity index (χ4n) is 4.57. The van der Waals surface area contributed by atoms with E-state index in [1.54, 1.807) is 0 Å². The fraction of sp³-hybridized carbons (Fsp3) is 1.00. The van der Waals surface area contributed by atoms with Gasteiger partial charge in [0.1, 0.15) is 6.17 Å². The van der Waals surface area contributed by atoms with Gasteiger partial charge < -0.3 is 10.8 Å². The van der Waals surface area contributed by atoms with Crippen LogP contribution in [0, 0.1) is 17.8 Å². The molecule has 0 aromatic rings. The van der Waals surface area contributed by atoms with E-state index in [1.807, 2.05) is 0 Å². The molecule has 1 aliphatic heterocycles. The number of likely N-dealkylation sites (tertiary alicyclic amines) is 1. The number of hydrogen-bond acceptors (Lipinski definition) is 3. The number of halogens is 1. The smallest absolute Gasteiger partial charge is 0.105 e. The number of nitrogens with zero attached hydrogens (tertiary/aromatic N) is 1. The Morgan fingerprint density at radius 3 is 2.65 bits per heavy atom. The Kier molecular flexibility index (Phi) is 5.82. The van der Waals surface area contributed by atoms with Gasteiger partial charge in [0.05, 0.1) is 6.61 Å². The number of aliphatic hydroxyl groups is 1. The monoisotopic (exact) mass is 286 g/mol. The number of hydrogen-bond donors (Lipinski definition) is 2. The predicted octanol–water partition coefficient (Wildman–Crippen LogP) is 2.18. The minimum absolute atomic E-state index is 0.0386. The molecule has 1 heterocycles. The van der Waals surface area contributed by atoms with Gasteiger partial charge in [0, 0.05) is 24.5 Å². The van der Waals surface area contributed by atoms with Crippen molar-refractivity contribution in [1.29, 1.82) is 0 Å². The second kappa shape index (κ2) is 7.19. The molecule has 1 aliphatic carbocycles. The summed E-state index contributed by atoms with van der Waals surface area (Å²) >= 11 is 0. The van der Waals surface area contributed by atoms with E-state index in [-0.39, 0.29) is 18.6 Å². The largest absolute Gasteiger partial charge is 0.395 e. The molecule has 0 radical (unpaired) electrons. The molecular weight excluding hydrogens is 255 g/mol. The molecule has 3 N–H and O–H groups in total. The topological polar surface area (TPSA) is 49.5 Å². The molecule has 4 unspecified atom stereocenters. The zero-order valence-corrected chi connectivity index (χ0v) is 13.0. The lowest BCUT2D eigenvalue weighted by atomic mass is 9.70. The summed E-state index contributed by atoms with van der Waals surface area (Å²) in [5.74, 6) is 0.761. The first-order chi connectivity index (χ1) is 9.58. The SMILES string of the molecule is C[C@@H]1CC(F)C(C(CO)N2CCCCC2CN)[C@H](C)C1. The Balaban J connectivity index is 2.13. The Morgan fingerprint density at radius 2 is 2.05 bits per heavy atom. The van der Waals surface area contributed by atoms with Crippen LogP contribution < -0.4 is 5.73 Å². The van der Waals surface area contributed by atoms with E-state index in [2.05, 4.69) is 18.7 Å². The second-order valence-corrected chi connectivity index (χ2v) is 7.02. The molecule has 118 valence electrons. The summed E-state index contributed by atoms with van der Waals surface area (Å²) in [5.41, 5.74) is 5.89. The molecule has 2 fully saturated rings. The number of piperidine rings is 1. The lowest BCUT2D eigenvalue weighted by molar-refractivity contribution is -0.0385. The second-order valence-electron chi connectivity index (χ2n) is 7.02. The van der Waals surface area contributed by atoms with Gasteiger partial charge in [-0.1, -0.05) is 20.3 Å². The highest BCUT2D eigenvalue weighted by molar-refractivity contribution is 4.94. The van der Waals surface area contributed by atoms with Crippen molar-refractivity contribution in [2.45, 2.75) is 64.2 Å². The Bertz CT molecular complexity index is 290. The molecule has 0 aromatic carbocycles. The van der Waals surface area contributed by atoms with E-state index >= 15 is 0 Å². The van der Waals surface area contributed by atoms with Crippen molar-refractivity contribution in [2.24, 2.45) is 23.5 Å². The van der Waals surface area contributed by atoms with Gasteiger partial charge in [0.25, 0.3) is 0 Å². The van der Waals surface area contributed by atoms with Gasteiger partial charge in [0.15, 0.2) is 0 Å². The van der Waals surface area contributed by atoms with Crippen molar-refractivity contribution >= 4 is 0 Å². The molecule has 2 rings (SSSR count). The first-order valence-electron chi connectivity index (χ1n) is 8.29. The highest BCUT2D eigenvalue weighted by Gasteiger charge is 2.42. The molecule has 0 amide bonds. The van der Waals surface area contributed by atoms with Crippen molar-refractivity contribution in [3.63, 3.8) is 0 Å². The van der Waals surface area contributed by atoms with Gasteiger partial charge in [-0.25, -0.2) is 4.39 Å². The third-order valence-corrected chi connectivity index (χ3v) is 5.48. The summed E-state index contributed by atoms with van der Waals surface area (Å²) in [4.78, 5) is 2.31. The van der Waals surface area contributed by atoms with Crippen LogP contribution >= 0.6 is 0 Å². The molecule has 0 bridgehead atoms. The van der Waals surface area contributed by atoms with E-state index in [9.17, 15) is 9.50 Å². The number of aliphatic hydroxyl groups excluding tert-OH is 1. The normalized spacial score (nSPS) is 41.5. The summed E-state index contributed by atoms with van der Waals surface area (Å²) in [5, 5.41) is 9.90. The van der Waals surface area contributed by atoms with Crippen molar-refractivity contribution in [1.82, 2.24) is 4.90 Å². The van der Waals surface area contributed by atoms with Gasteiger partial charge in [-0.2, -0.15) is 0 Å². The molecule has 2 aliphatic rings. The quantitative estimate of drug-likeness (QED) is 0.833. The molecule has 1 saturated heterocycles. The molecule has 1 saturated carbocycles. The third-order valence-electron chi connectivity index (χ3n) is 5.48. The molecule has 3 nitrogen and oxygen atoms in total. The van der Waals surface area contributed by atoms with E-state index < -0.39 is 6.17 Å². The van der Waals surface area contributed by atoms with Crippen molar-refractivity contribution in [2.75, 3.05) is 19.7 Å². The summed E-state index contributed by atoms with van der Waals surface area (Å²) in [6.07, 6.45) is 4.36. The van der Waals surface area contributed by atoms with Crippen LogP contribution in [0.1, 0.15) is 46.0 Å². The summed E-state index contributed by atoms with van der Waals surface area (Å²) in [6.45, 7) is 5.91. The Morgan fingerprint density at radius 1 is 1.30 bits per heavy atom. The summed E-state index contributed by atoms with van der Waals surface area (Å²) in [6, 6.07) is 0.265. The maximum absolute atomic E-state index is 14.6. The van der Waals surface area contributed by atoms with Crippen LogP contribution in [0.5, 0.6) is 0 Å². The standard InChI is InChI=1S/C16H31FN2O/c1-11-7-12(2)16(14(17)8-11)15(10-20)19-6-4-3-5-13(19)9-18/h11-16,20H,3-10,18H2,1-2H3/t11-,12+,13?,14?,15?,16?/m0/s1. The van der Waals surface area contributed by atoms with Crippen LogP contribution in [0.25, 0.3) is 0 Å². The molecule has 6 atom stereocenters. The van der Waals surface area contributed by atoms with Crippen LogP contribution in [0.2, 0.25) is 0 Å². The number of nitrogens with two attached hydrogens (primary N) is 1.